The smallest absolute Gasteiger partial charge is 0.276 e. The Kier molecular flexibility index (Phi) is 1.37. The fraction of sp³-hybridized carbons (Fsp3) is 0.400. The zero-order valence-electron chi connectivity index (χ0n) is 8.00. The van der Waals surface area contributed by atoms with E-state index in [1.54, 1.807) is 4.52 Å². The molecule has 0 aliphatic heterocycles. The van der Waals surface area contributed by atoms with Crippen molar-refractivity contribution in [3.05, 3.63) is 33.4 Å². The summed E-state index contributed by atoms with van der Waals surface area (Å²) in [5.41, 5.74) is 3.68. The first kappa shape index (κ1) is 7.79. The van der Waals surface area contributed by atoms with E-state index in [2.05, 4.69) is 10.1 Å². The third kappa shape index (κ3) is 0.880. The SMILES string of the molecule is Cc1cc2nc3c(c(=O)n2[nH]1)CCC3. The lowest BCUT2D eigenvalue weighted by Crippen LogP contribution is -2.19. The minimum absolute atomic E-state index is 0.0793. The summed E-state index contributed by atoms with van der Waals surface area (Å²) in [7, 11) is 0. The van der Waals surface area contributed by atoms with Crippen LogP contribution >= 0.6 is 0 Å². The van der Waals surface area contributed by atoms with Crippen molar-refractivity contribution in [2.75, 3.05) is 0 Å². The number of aryl methyl sites for hydroxylation is 2. The van der Waals surface area contributed by atoms with Gasteiger partial charge in [0.25, 0.3) is 5.56 Å². The predicted molar refractivity (Wildman–Crippen MR) is 52.6 cm³/mol. The zero-order valence-corrected chi connectivity index (χ0v) is 8.00. The molecule has 0 amide bonds. The number of aromatic amines is 1. The number of nitrogens with zero attached hydrogens (tertiary/aromatic N) is 2. The molecule has 0 radical (unpaired) electrons. The molecule has 1 N–H and O–H groups in total. The van der Waals surface area contributed by atoms with Crippen LogP contribution in [0.25, 0.3) is 5.65 Å². The van der Waals surface area contributed by atoms with Crippen molar-refractivity contribution in [1.82, 2.24) is 14.6 Å². The van der Waals surface area contributed by atoms with Crippen LogP contribution in [0, 0.1) is 6.92 Å². The molecule has 2 heterocycles. The fourth-order valence-corrected chi connectivity index (χ4v) is 2.12. The number of aromatic nitrogens is 3. The number of H-pyrrole nitrogens is 1. The van der Waals surface area contributed by atoms with Crippen molar-refractivity contribution in [3.63, 3.8) is 0 Å². The van der Waals surface area contributed by atoms with Crippen LogP contribution in [0.2, 0.25) is 0 Å². The van der Waals surface area contributed by atoms with Crippen molar-refractivity contribution in [2.24, 2.45) is 0 Å². The standard InChI is InChI=1S/C10H11N3O/c1-6-5-9-11-8-4-2-3-7(8)10(14)13(9)12-6/h5,12H,2-4H2,1H3. The Morgan fingerprint density at radius 2 is 2.36 bits per heavy atom. The molecular weight excluding hydrogens is 178 g/mol. The summed E-state index contributed by atoms with van der Waals surface area (Å²) in [6.07, 6.45) is 2.89. The van der Waals surface area contributed by atoms with Crippen molar-refractivity contribution < 1.29 is 0 Å². The maximum absolute atomic E-state index is 11.9. The highest BCUT2D eigenvalue weighted by Crippen LogP contribution is 2.16. The van der Waals surface area contributed by atoms with Crippen molar-refractivity contribution in [1.29, 1.82) is 0 Å². The van der Waals surface area contributed by atoms with Gasteiger partial charge in [-0.15, -0.1) is 0 Å². The van der Waals surface area contributed by atoms with E-state index in [9.17, 15) is 4.79 Å². The molecule has 14 heavy (non-hydrogen) atoms. The van der Waals surface area contributed by atoms with Crippen molar-refractivity contribution in [3.8, 4) is 0 Å². The molecule has 0 spiro atoms. The van der Waals surface area contributed by atoms with E-state index in [0.717, 1.165) is 41.9 Å². The van der Waals surface area contributed by atoms with Gasteiger partial charge in [0.15, 0.2) is 5.65 Å². The van der Waals surface area contributed by atoms with Gasteiger partial charge < -0.3 is 0 Å². The summed E-state index contributed by atoms with van der Waals surface area (Å²) in [5.74, 6) is 0. The maximum Gasteiger partial charge on any atom is 0.276 e. The second-order valence-electron chi connectivity index (χ2n) is 3.83. The summed E-state index contributed by atoms with van der Waals surface area (Å²) in [6, 6.07) is 1.90. The predicted octanol–water partition coefficient (Wildman–Crippen LogP) is 0.820. The van der Waals surface area contributed by atoms with Gasteiger partial charge in [-0.25, -0.2) is 9.50 Å². The van der Waals surface area contributed by atoms with Crippen LogP contribution in [0.3, 0.4) is 0 Å². The quantitative estimate of drug-likeness (QED) is 0.667. The maximum atomic E-state index is 11.9. The highest BCUT2D eigenvalue weighted by molar-refractivity contribution is 5.42. The van der Waals surface area contributed by atoms with Crippen LogP contribution in [0.4, 0.5) is 0 Å². The van der Waals surface area contributed by atoms with Gasteiger partial charge in [0.2, 0.25) is 0 Å². The molecule has 1 aliphatic rings. The molecule has 72 valence electrons. The van der Waals surface area contributed by atoms with E-state index < -0.39 is 0 Å². The first-order valence-electron chi connectivity index (χ1n) is 4.86. The molecule has 0 saturated heterocycles. The van der Waals surface area contributed by atoms with Gasteiger partial charge in [0.1, 0.15) is 0 Å². The van der Waals surface area contributed by atoms with Crippen LogP contribution in [-0.4, -0.2) is 14.6 Å². The van der Waals surface area contributed by atoms with Crippen molar-refractivity contribution >= 4 is 5.65 Å². The molecule has 2 aromatic rings. The largest absolute Gasteiger partial charge is 0.294 e. The molecule has 0 fully saturated rings. The average Bonchev–Trinajstić information content (AvgIpc) is 2.71. The number of hydrogen-bond acceptors (Lipinski definition) is 2. The van der Waals surface area contributed by atoms with Crippen LogP contribution in [-0.2, 0) is 12.8 Å². The molecule has 0 saturated carbocycles. The van der Waals surface area contributed by atoms with Crippen LogP contribution in [0.15, 0.2) is 10.9 Å². The van der Waals surface area contributed by atoms with Crippen molar-refractivity contribution in [2.45, 2.75) is 26.2 Å². The zero-order chi connectivity index (χ0) is 9.71. The Labute approximate surface area is 80.6 Å². The van der Waals surface area contributed by atoms with Gasteiger partial charge in [0, 0.05) is 17.3 Å². The van der Waals surface area contributed by atoms with Gasteiger partial charge >= 0.3 is 0 Å². The topological polar surface area (TPSA) is 50.2 Å². The van der Waals surface area contributed by atoms with E-state index in [1.165, 1.54) is 0 Å². The van der Waals surface area contributed by atoms with Crippen LogP contribution in [0.5, 0.6) is 0 Å². The molecule has 4 heteroatoms. The molecule has 1 aliphatic carbocycles. The number of nitrogens with one attached hydrogen (secondary N) is 1. The monoisotopic (exact) mass is 189 g/mol. The third-order valence-electron chi connectivity index (χ3n) is 2.76. The van der Waals surface area contributed by atoms with Gasteiger partial charge in [-0.05, 0) is 26.2 Å². The first-order chi connectivity index (χ1) is 6.75. The number of fused-ring (bicyclic) bond motifs is 2. The lowest BCUT2D eigenvalue weighted by atomic mass is 10.2. The van der Waals surface area contributed by atoms with E-state index >= 15 is 0 Å². The minimum atomic E-state index is 0.0793. The normalized spacial score (nSPS) is 14.9. The molecule has 2 aromatic heterocycles. The molecule has 0 unspecified atom stereocenters. The molecule has 3 rings (SSSR count). The van der Waals surface area contributed by atoms with Gasteiger partial charge in [-0.1, -0.05) is 0 Å². The summed E-state index contributed by atoms with van der Waals surface area (Å²) in [5, 5.41) is 3.00. The second-order valence-corrected chi connectivity index (χ2v) is 3.83. The number of rotatable bonds is 0. The average molecular weight is 189 g/mol. The van der Waals surface area contributed by atoms with E-state index in [4.69, 9.17) is 0 Å². The van der Waals surface area contributed by atoms with E-state index in [0.29, 0.717) is 0 Å². The fourth-order valence-electron chi connectivity index (χ4n) is 2.12. The third-order valence-corrected chi connectivity index (χ3v) is 2.76. The Hall–Kier alpha value is -1.58. The Morgan fingerprint density at radius 1 is 1.50 bits per heavy atom. The Balaban J connectivity index is 2.49. The molecular formula is C10H11N3O. The Morgan fingerprint density at radius 3 is 3.21 bits per heavy atom. The lowest BCUT2D eigenvalue weighted by Gasteiger charge is -1.98. The Bertz CT molecular complexity index is 564. The summed E-state index contributed by atoms with van der Waals surface area (Å²) in [4.78, 5) is 16.4. The molecule has 0 atom stereocenters. The molecule has 4 nitrogen and oxygen atoms in total. The van der Waals surface area contributed by atoms with E-state index in [1.807, 2.05) is 13.0 Å². The molecule has 0 aromatic carbocycles. The minimum Gasteiger partial charge on any atom is -0.294 e. The van der Waals surface area contributed by atoms with Gasteiger partial charge in [-0.2, -0.15) is 0 Å². The highest BCUT2D eigenvalue weighted by Gasteiger charge is 2.18. The summed E-state index contributed by atoms with van der Waals surface area (Å²) < 4.78 is 1.54. The summed E-state index contributed by atoms with van der Waals surface area (Å²) >= 11 is 0. The first-order valence-corrected chi connectivity index (χ1v) is 4.86. The lowest BCUT2D eigenvalue weighted by molar-refractivity contribution is 0.856. The van der Waals surface area contributed by atoms with Gasteiger partial charge in [0.05, 0.1) is 5.69 Å². The molecule has 0 bridgehead atoms. The number of hydrogen-bond donors (Lipinski definition) is 1. The van der Waals surface area contributed by atoms with Crippen LogP contribution < -0.4 is 5.56 Å². The highest BCUT2D eigenvalue weighted by atomic mass is 16.1. The second kappa shape index (κ2) is 2.47. The van der Waals surface area contributed by atoms with Gasteiger partial charge in [-0.3, -0.25) is 9.89 Å². The van der Waals surface area contributed by atoms with E-state index in [-0.39, 0.29) is 5.56 Å². The van der Waals surface area contributed by atoms with Crippen LogP contribution in [0.1, 0.15) is 23.4 Å². The summed E-state index contributed by atoms with van der Waals surface area (Å²) in [6.45, 7) is 1.93.